The fourth-order valence-corrected chi connectivity index (χ4v) is 2.94. The van der Waals surface area contributed by atoms with Crippen LogP contribution < -0.4 is 27.4 Å². The van der Waals surface area contributed by atoms with Crippen LogP contribution in [0.15, 0.2) is 0 Å². The van der Waals surface area contributed by atoms with Crippen molar-refractivity contribution in [3.63, 3.8) is 0 Å². The third kappa shape index (κ3) is 12.3. The zero-order chi connectivity index (χ0) is 23.8. The van der Waals surface area contributed by atoms with Gasteiger partial charge in [-0.1, -0.05) is 32.6 Å². The fourth-order valence-electron chi connectivity index (χ4n) is 2.94. The van der Waals surface area contributed by atoms with Crippen molar-refractivity contribution in [2.75, 3.05) is 13.1 Å². The Morgan fingerprint density at radius 2 is 1.42 bits per heavy atom. The first kappa shape index (κ1) is 28.8. The Kier molecular flexibility index (Phi) is 15.3. The second-order valence-electron chi connectivity index (χ2n) is 7.57. The van der Waals surface area contributed by atoms with Crippen molar-refractivity contribution in [2.45, 2.75) is 89.4 Å². The van der Waals surface area contributed by atoms with Gasteiger partial charge in [0.2, 0.25) is 17.7 Å². The average Bonchev–Trinajstić information content (AvgIpc) is 2.70. The minimum atomic E-state index is -1.40. The van der Waals surface area contributed by atoms with Gasteiger partial charge in [-0.3, -0.25) is 14.4 Å². The van der Waals surface area contributed by atoms with Gasteiger partial charge in [0.1, 0.15) is 18.1 Å². The number of carboxylic acids is 1. The molecule has 4 atom stereocenters. The van der Waals surface area contributed by atoms with Gasteiger partial charge >= 0.3 is 5.97 Å². The lowest BCUT2D eigenvalue weighted by Gasteiger charge is -2.25. The maximum Gasteiger partial charge on any atom is 0.326 e. The molecule has 0 saturated carbocycles. The zero-order valence-corrected chi connectivity index (χ0v) is 18.6. The number of carbonyl (C=O) groups is 4. The van der Waals surface area contributed by atoms with Gasteiger partial charge in [-0.2, -0.15) is 0 Å². The first-order valence-corrected chi connectivity index (χ1v) is 10.9. The molecule has 0 aliphatic rings. The molecule has 0 saturated heterocycles. The molecule has 9 N–H and O–H groups in total. The molecule has 0 aromatic rings. The number of aliphatic hydroxyl groups excluding tert-OH is 1. The fraction of sp³-hybridized carbons (Fsp3) is 0.800. The summed E-state index contributed by atoms with van der Waals surface area (Å²) in [6.07, 6.45) is 3.99. The standard InChI is InChI=1S/C20H39N5O6/c1-3-4-5-6-7-8-16(27)23-14(9-11-21)18(28)25-17(13(2)26)19(29)24-15(10-12-22)20(30)31/h13-15,17,26H,3-12,21-22H2,1-2H3,(H,23,27)(H,24,29)(H,25,28)(H,30,31)/t13-,14+,15-,17+/m1/s1. The Balaban J connectivity index is 4.95. The van der Waals surface area contributed by atoms with Gasteiger partial charge in [-0.15, -0.1) is 0 Å². The molecular formula is C20H39N5O6. The van der Waals surface area contributed by atoms with E-state index in [1.165, 1.54) is 6.92 Å². The molecule has 0 aromatic heterocycles. The van der Waals surface area contributed by atoms with Gasteiger partial charge in [0, 0.05) is 6.42 Å². The average molecular weight is 446 g/mol. The monoisotopic (exact) mass is 445 g/mol. The molecule has 3 amide bonds. The van der Waals surface area contributed by atoms with Crippen molar-refractivity contribution in [2.24, 2.45) is 11.5 Å². The summed E-state index contributed by atoms with van der Waals surface area (Å²) in [5.41, 5.74) is 10.9. The third-order valence-corrected chi connectivity index (χ3v) is 4.75. The highest BCUT2D eigenvalue weighted by Gasteiger charge is 2.31. The van der Waals surface area contributed by atoms with Gasteiger partial charge in [-0.05, 0) is 39.3 Å². The molecule has 0 aliphatic carbocycles. The van der Waals surface area contributed by atoms with Crippen LogP contribution in [0.3, 0.4) is 0 Å². The Bertz CT molecular complexity index is 572. The molecule has 11 nitrogen and oxygen atoms in total. The van der Waals surface area contributed by atoms with Crippen molar-refractivity contribution in [1.82, 2.24) is 16.0 Å². The summed E-state index contributed by atoms with van der Waals surface area (Å²) in [7, 11) is 0. The van der Waals surface area contributed by atoms with Crippen LogP contribution in [0.4, 0.5) is 0 Å². The Labute approximate surface area is 183 Å². The van der Waals surface area contributed by atoms with Crippen LogP contribution in [-0.2, 0) is 19.2 Å². The van der Waals surface area contributed by atoms with Crippen molar-refractivity contribution < 1.29 is 29.4 Å². The first-order valence-electron chi connectivity index (χ1n) is 10.9. The molecule has 0 bridgehead atoms. The van der Waals surface area contributed by atoms with E-state index in [-0.39, 0.29) is 38.3 Å². The summed E-state index contributed by atoms with van der Waals surface area (Å²) in [6.45, 7) is 3.55. The highest BCUT2D eigenvalue weighted by atomic mass is 16.4. The first-order chi connectivity index (χ1) is 14.7. The lowest BCUT2D eigenvalue weighted by molar-refractivity contribution is -0.143. The number of unbranched alkanes of at least 4 members (excludes halogenated alkanes) is 4. The van der Waals surface area contributed by atoms with Crippen LogP contribution in [0.5, 0.6) is 0 Å². The van der Waals surface area contributed by atoms with E-state index in [0.29, 0.717) is 6.42 Å². The number of hydrogen-bond acceptors (Lipinski definition) is 7. The summed E-state index contributed by atoms with van der Waals surface area (Å²) in [5, 5.41) is 26.3. The Morgan fingerprint density at radius 1 is 0.839 bits per heavy atom. The number of aliphatic carboxylic acids is 1. The molecule has 0 fully saturated rings. The molecule has 0 heterocycles. The van der Waals surface area contributed by atoms with E-state index >= 15 is 0 Å². The van der Waals surface area contributed by atoms with Crippen LogP contribution in [0, 0.1) is 0 Å². The van der Waals surface area contributed by atoms with Gasteiger partial charge in [-0.25, -0.2) is 4.79 Å². The number of hydrogen-bond donors (Lipinski definition) is 7. The van der Waals surface area contributed by atoms with Crippen LogP contribution in [0.1, 0.15) is 65.2 Å². The van der Waals surface area contributed by atoms with Crippen LogP contribution in [0.25, 0.3) is 0 Å². The lowest BCUT2D eigenvalue weighted by Crippen LogP contribution is -2.59. The highest BCUT2D eigenvalue weighted by Crippen LogP contribution is 2.06. The van der Waals surface area contributed by atoms with Crippen molar-refractivity contribution >= 4 is 23.7 Å². The molecule has 0 unspecified atom stereocenters. The third-order valence-electron chi connectivity index (χ3n) is 4.75. The van der Waals surface area contributed by atoms with E-state index in [9.17, 15) is 24.3 Å². The summed E-state index contributed by atoms with van der Waals surface area (Å²) in [5.74, 6) is -3.12. The van der Waals surface area contributed by atoms with Crippen LogP contribution in [0.2, 0.25) is 0 Å². The molecule has 11 heteroatoms. The summed E-state index contributed by atoms with van der Waals surface area (Å²) in [4.78, 5) is 48.5. The zero-order valence-electron chi connectivity index (χ0n) is 18.6. The largest absolute Gasteiger partial charge is 0.480 e. The normalized spacial score (nSPS) is 14.7. The van der Waals surface area contributed by atoms with E-state index in [2.05, 4.69) is 22.9 Å². The molecular weight excluding hydrogens is 406 g/mol. The second kappa shape index (κ2) is 16.5. The Morgan fingerprint density at radius 3 is 1.94 bits per heavy atom. The molecule has 0 aromatic carbocycles. The molecule has 180 valence electrons. The van der Waals surface area contributed by atoms with E-state index in [1.54, 1.807) is 0 Å². The number of nitrogens with one attached hydrogen (secondary N) is 3. The summed E-state index contributed by atoms with van der Waals surface area (Å²) >= 11 is 0. The SMILES string of the molecule is CCCCCCCC(=O)N[C@@H](CCN)C(=O)N[C@H](C(=O)N[C@H](CCN)C(=O)O)[C@@H](C)O. The van der Waals surface area contributed by atoms with Gasteiger partial charge in [0.05, 0.1) is 6.10 Å². The van der Waals surface area contributed by atoms with E-state index in [4.69, 9.17) is 16.6 Å². The van der Waals surface area contributed by atoms with Crippen molar-refractivity contribution in [3.05, 3.63) is 0 Å². The number of rotatable bonds is 17. The van der Waals surface area contributed by atoms with E-state index < -0.39 is 42.0 Å². The Hall–Kier alpha value is -2.24. The number of amides is 3. The minimum absolute atomic E-state index is 0.00827. The quantitative estimate of drug-likeness (QED) is 0.138. The smallest absolute Gasteiger partial charge is 0.326 e. The highest BCUT2D eigenvalue weighted by molar-refractivity contribution is 5.93. The molecule has 31 heavy (non-hydrogen) atoms. The van der Waals surface area contributed by atoms with Crippen LogP contribution in [-0.4, -0.2) is 71.2 Å². The maximum absolute atomic E-state index is 12.6. The van der Waals surface area contributed by atoms with Crippen molar-refractivity contribution in [1.29, 1.82) is 0 Å². The number of nitrogens with two attached hydrogens (primary N) is 2. The minimum Gasteiger partial charge on any atom is -0.480 e. The maximum atomic E-state index is 12.6. The van der Waals surface area contributed by atoms with E-state index in [0.717, 1.165) is 25.7 Å². The van der Waals surface area contributed by atoms with Gasteiger partial charge < -0.3 is 37.6 Å². The molecule has 0 radical (unpaired) electrons. The number of aliphatic hydroxyl groups is 1. The predicted molar refractivity (Wildman–Crippen MR) is 116 cm³/mol. The summed E-state index contributed by atoms with van der Waals surface area (Å²) in [6, 6.07) is -3.62. The van der Waals surface area contributed by atoms with Crippen molar-refractivity contribution in [3.8, 4) is 0 Å². The molecule has 0 aliphatic heterocycles. The van der Waals surface area contributed by atoms with E-state index in [1.807, 2.05) is 0 Å². The van der Waals surface area contributed by atoms with Gasteiger partial charge in [0.15, 0.2) is 0 Å². The van der Waals surface area contributed by atoms with Crippen LogP contribution >= 0.6 is 0 Å². The summed E-state index contributed by atoms with van der Waals surface area (Å²) < 4.78 is 0. The number of carboxylic acid groups (broad SMARTS) is 1. The van der Waals surface area contributed by atoms with Gasteiger partial charge in [0.25, 0.3) is 0 Å². The lowest BCUT2D eigenvalue weighted by atomic mass is 10.1. The molecule has 0 spiro atoms. The molecule has 0 rings (SSSR count). The number of carbonyl (C=O) groups excluding carboxylic acids is 3. The predicted octanol–water partition coefficient (Wildman–Crippen LogP) is -1.04. The second-order valence-corrected chi connectivity index (χ2v) is 7.57. The topological polar surface area (TPSA) is 197 Å².